The fourth-order valence-corrected chi connectivity index (χ4v) is 2.63. The Hall–Kier alpha value is -2.16. The molecule has 0 fully saturated rings. The van der Waals surface area contributed by atoms with Crippen LogP contribution in [0, 0.1) is 13.8 Å². The van der Waals surface area contributed by atoms with E-state index in [-0.39, 0.29) is 11.9 Å². The van der Waals surface area contributed by atoms with E-state index in [0.717, 1.165) is 24.4 Å². The van der Waals surface area contributed by atoms with Crippen molar-refractivity contribution in [3.05, 3.63) is 53.1 Å². The molecule has 2 aromatic rings. The van der Waals surface area contributed by atoms with E-state index in [4.69, 9.17) is 4.74 Å². The summed E-state index contributed by atoms with van der Waals surface area (Å²) in [6.45, 7) is 5.03. The molecule has 104 valence electrons. The lowest BCUT2D eigenvalue weighted by molar-refractivity contribution is 0.205. The molecular weight excluding hydrogens is 250 g/mol. The predicted molar refractivity (Wildman–Crippen MR) is 80.6 cm³/mol. The number of hydrogen-bond acceptors (Lipinski definition) is 3. The van der Waals surface area contributed by atoms with Crippen molar-refractivity contribution in [2.45, 2.75) is 26.4 Å². The number of ether oxygens (including phenoxy) is 1. The van der Waals surface area contributed by atoms with Crippen molar-refractivity contribution in [3.63, 3.8) is 0 Å². The third kappa shape index (κ3) is 2.57. The maximum absolute atomic E-state index is 9.53. The van der Waals surface area contributed by atoms with Crippen LogP contribution in [0.5, 0.6) is 11.5 Å². The minimum Gasteiger partial charge on any atom is -0.508 e. The number of benzene rings is 2. The van der Waals surface area contributed by atoms with Crippen LogP contribution in [0.3, 0.4) is 0 Å². The number of fused-ring (bicyclic) bond motifs is 1. The monoisotopic (exact) mass is 269 g/mol. The highest BCUT2D eigenvalue weighted by Crippen LogP contribution is 2.33. The van der Waals surface area contributed by atoms with Crippen molar-refractivity contribution in [2.75, 3.05) is 11.9 Å². The zero-order valence-corrected chi connectivity index (χ0v) is 11.8. The topological polar surface area (TPSA) is 41.5 Å². The van der Waals surface area contributed by atoms with Gasteiger partial charge in [0.2, 0.25) is 0 Å². The van der Waals surface area contributed by atoms with Crippen LogP contribution in [0.4, 0.5) is 5.69 Å². The van der Waals surface area contributed by atoms with Crippen LogP contribution in [0.25, 0.3) is 0 Å². The molecule has 0 radical (unpaired) electrons. The fourth-order valence-electron chi connectivity index (χ4n) is 2.63. The zero-order valence-electron chi connectivity index (χ0n) is 11.8. The number of phenolic OH excluding ortho intramolecular Hbond substituents is 1. The molecule has 0 saturated heterocycles. The van der Waals surface area contributed by atoms with Crippen molar-refractivity contribution in [3.8, 4) is 11.5 Å². The molecule has 1 unspecified atom stereocenters. The van der Waals surface area contributed by atoms with E-state index in [0.29, 0.717) is 0 Å². The number of aryl methyl sites for hydroxylation is 2. The molecule has 0 saturated carbocycles. The van der Waals surface area contributed by atoms with Crippen molar-refractivity contribution in [2.24, 2.45) is 0 Å². The smallest absolute Gasteiger partial charge is 0.146 e. The Bertz CT molecular complexity index is 637. The molecule has 3 rings (SSSR count). The lowest BCUT2D eigenvalue weighted by Crippen LogP contribution is -2.32. The minimum absolute atomic E-state index is 0.0886. The van der Waals surface area contributed by atoms with Crippen LogP contribution < -0.4 is 10.1 Å². The molecule has 3 heteroatoms. The average molecular weight is 269 g/mol. The van der Waals surface area contributed by atoms with Gasteiger partial charge in [0.05, 0.1) is 12.2 Å². The van der Waals surface area contributed by atoms with Crippen molar-refractivity contribution < 1.29 is 9.84 Å². The van der Waals surface area contributed by atoms with E-state index < -0.39 is 0 Å². The Labute approximate surface area is 119 Å². The van der Waals surface area contributed by atoms with Gasteiger partial charge in [-0.15, -0.1) is 0 Å². The Morgan fingerprint density at radius 1 is 1.20 bits per heavy atom. The second-order valence-corrected chi connectivity index (χ2v) is 5.44. The first-order valence-corrected chi connectivity index (χ1v) is 6.91. The predicted octanol–water partition coefficient (Wildman–Crippen LogP) is 3.42. The van der Waals surface area contributed by atoms with Crippen LogP contribution in [-0.2, 0) is 6.42 Å². The summed E-state index contributed by atoms with van der Waals surface area (Å²) in [5, 5.41) is 12.9. The summed E-state index contributed by atoms with van der Waals surface area (Å²) in [6.07, 6.45) is 0.958. The highest BCUT2D eigenvalue weighted by atomic mass is 16.5. The standard InChI is InChI=1S/C17H19NO2/c1-11-3-4-13(12(2)7-11)8-15-10-18-16-6-5-14(19)9-17(16)20-15/h3-7,9,15,18-19H,8,10H2,1-2H3. The van der Waals surface area contributed by atoms with Crippen molar-refractivity contribution in [1.29, 1.82) is 0 Å². The van der Waals surface area contributed by atoms with E-state index in [1.807, 2.05) is 6.07 Å². The van der Waals surface area contributed by atoms with Crippen LogP contribution in [0.2, 0.25) is 0 Å². The summed E-state index contributed by atoms with van der Waals surface area (Å²) in [6, 6.07) is 11.7. The summed E-state index contributed by atoms with van der Waals surface area (Å²) in [7, 11) is 0. The Kier molecular flexibility index (Phi) is 3.26. The van der Waals surface area contributed by atoms with Crippen LogP contribution >= 0.6 is 0 Å². The molecule has 1 aliphatic heterocycles. The molecule has 20 heavy (non-hydrogen) atoms. The normalized spacial score (nSPS) is 17.0. The Morgan fingerprint density at radius 3 is 2.85 bits per heavy atom. The Balaban J connectivity index is 1.77. The maximum Gasteiger partial charge on any atom is 0.146 e. The molecule has 2 N–H and O–H groups in total. The van der Waals surface area contributed by atoms with Gasteiger partial charge >= 0.3 is 0 Å². The van der Waals surface area contributed by atoms with Crippen LogP contribution in [0.15, 0.2) is 36.4 Å². The molecule has 3 nitrogen and oxygen atoms in total. The van der Waals surface area contributed by atoms with E-state index >= 15 is 0 Å². The lowest BCUT2D eigenvalue weighted by Gasteiger charge is -2.28. The first-order chi connectivity index (χ1) is 9.61. The summed E-state index contributed by atoms with van der Waals surface area (Å²) in [4.78, 5) is 0. The summed E-state index contributed by atoms with van der Waals surface area (Å²) < 4.78 is 5.98. The maximum atomic E-state index is 9.53. The first kappa shape index (κ1) is 12.9. The van der Waals surface area contributed by atoms with Crippen LogP contribution in [-0.4, -0.2) is 17.8 Å². The van der Waals surface area contributed by atoms with Gasteiger partial charge in [-0.25, -0.2) is 0 Å². The summed E-state index contributed by atoms with van der Waals surface area (Å²) in [5.74, 6) is 0.962. The number of nitrogens with one attached hydrogen (secondary N) is 1. The number of rotatable bonds is 2. The molecular formula is C17H19NO2. The van der Waals surface area contributed by atoms with Gasteiger partial charge in [-0.05, 0) is 37.1 Å². The minimum atomic E-state index is 0.0886. The van der Waals surface area contributed by atoms with Gasteiger partial charge in [0.1, 0.15) is 17.6 Å². The van der Waals surface area contributed by atoms with E-state index in [9.17, 15) is 5.11 Å². The quantitative estimate of drug-likeness (QED) is 0.821. The third-order valence-corrected chi connectivity index (χ3v) is 3.72. The molecule has 1 atom stereocenters. The van der Waals surface area contributed by atoms with Gasteiger partial charge in [0.25, 0.3) is 0 Å². The molecule has 0 spiro atoms. The second kappa shape index (κ2) is 5.08. The molecule has 1 aliphatic rings. The SMILES string of the molecule is Cc1ccc(CC2CNc3ccc(O)cc3O2)c(C)c1. The highest BCUT2D eigenvalue weighted by molar-refractivity contribution is 5.60. The number of anilines is 1. The summed E-state index contributed by atoms with van der Waals surface area (Å²) >= 11 is 0. The van der Waals surface area contributed by atoms with Gasteiger partial charge in [-0.3, -0.25) is 0 Å². The van der Waals surface area contributed by atoms with Crippen LogP contribution in [0.1, 0.15) is 16.7 Å². The van der Waals surface area contributed by atoms with Gasteiger partial charge in [-0.1, -0.05) is 23.8 Å². The van der Waals surface area contributed by atoms with Crippen molar-refractivity contribution in [1.82, 2.24) is 0 Å². The molecule has 0 aliphatic carbocycles. The zero-order chi connectivity index (χ0) is 14.1. The van der Waals surface area contributed by atoms with Gasteiger partial charge in [-0.2, -0.15) is 0 Å². The summed E-state index contributed by atoms with van der Waals surface area (Å²) in [5.41, 5.74) is 4.84. The highest BCUT2D eigenvalue weighted by Gasteiger charge is 2.20. The molecule has 1 heterocycles. The Morgan fingerprint density at radius 2 is 2.05 bits per heavy atom. The fraction of sp³-hybridized carbons (Fsp3) is 0.294. The second-order valence-electron chi connectivity index (χ2n) is 5.44. The largest absolute Gasteiger partial charge is 0.508 e. The first-order valence-electron chi connectivity index (χ1n) is 6.91. The van der Waals surface area contributed by atoms with E-state index in [1.54, 1.807) is 12.1 Å². The number of phenols is 1. The van der Waals surface area contributed by atoms with Gasteiger partial charge < -0.3 is 15.2 Å². The molecule has 2 aromatic carbocycles. The third-order valence-electron chi connectivity index (χ3n) is 3.72. The molecule has 0 bridgehead atoms. The lowest BCUT2D eigenvalue weighted by atomic mass is 10.00. The molecule has 0 amide bonds. The average Bonchev–Trinajstić information content (AvgIpc) is 2.41. The van der Waals surface area contributed by atoms with E-state index in [1.165, 1.54) is 16.7 Å². The van der Waals surface area contributed by atoms with Crippen molar-refractivity contribution >= 4 is 5.69 Å². The van der Waals surface area contributed by atoms with Gasteiger partial charge in [0.15, 0.2) is 0 Å². The number of aromatic hydroxyl groups is 1. The van der Waals surface area contributed by atoms with Gasteiger partial charge in [0, 0.05) is 12.5 Å². The molecule has 0 aromatic heterocycles. The van der Waals surface area contributed by atoms with E-state index in [2.05, 4.69) is 37.4 Å². The number of hydrogen-bond donors (Lipinski definition) is 2.